The van der Waals surface area contributed by atoms with E-state index < -0.39 is 21.9 Å². The van der Waals surface area contributed by atoms with Gasteiger partial charge in [0.05, 0.1) is 24.2 Å². The minimum absolute atomic E-state index is 0.0589. The summed E-state index contributed by atoms with van der Waals surface area (Å²) in [4.78, 5) is 21.0. The normalized spacial score (nSPS) is 20.4. The summed E-state index contributed by atoms with van der Waals surface area (Å²) in [5.74, 6) is -1.27. The molecule has 0 spiro atoms. The van der Waals surface area contributed by atoms with Gasteiger partial charge in [-0.25, -0.2) is 0 Å². The molecule has 0 saturated carbocycles. The lowest BCUT2D eigenvalue weighted by molar-refractivity contribution is -0.128. The number of amides is 1. The monoisotopic (exact) mass is 273 g/mol. The molecule has 0 radical (unpaired) electrons. The molecule has 1 aromatic heterocycles. The van der Waals surface area contributed by atoms with Crippen LogP contribution in [-0.4, -0.2) is 41.5 Å². The van der Waals surface area contributed by atoms with Gasteiger partial charge in [-0.1, -0.05) is 0 Å². The van der Waals surface area contributed by atoms with Crippen LogP contribution in [0, 0.1) is 5.92 Å². The Bertz CT molecular complexity index is 535. The van der Waals surface area contributed by atoms with E-state index in [0.29, 0.717) is 5.69 Å². The maximum atomic E-state index is 12.5. The fourth-order valence-corrected chi connectivity index (χ4v) is 2.79. The molecule has 6 nitrogen and oxygen atoms in total. The summed E-state index contributed by atoms with van der Waals surface area (Å²) in [6.45, 7) is 0.508. The van der Waals surface area contributed by atoms with Crippen LogP contribution in [0.2, 0.25) is 0 Å². The lowest BCUT2D eigenvalue weighted by Crippen LogP contribution is -2.25. The fourth-order valence-electron chi connectivity index (χ4n) is 2.01. The highest BCUT2D eigenvalue weighted by molar-refractivity contribution is 7.86. The SMILES string of the molecule is O=C1CC(CS(=O)(=O)F)CN1Cc1cnccn1. The molecule has 18 heavy (non-hydrogen) atoms. The van der Waals surface area contributed by atoms with E-state index in [2.05, 4.69) is 9.97 Å². The lowest BCUT2D eigenvalue weighted by atomic mass is 10.1. The van der Waals surface area contributed by atoms with Crippen molar-refractivity contribution in [3.8, 4) is 0 Å². The van der Waals surface area contributed by atoms with E-state index in [9.17, 15) is 17.1 Å². The van der Waals surface area contributed by atoms with E-state index in [4.69, 9.17) is 0 Å². The Kier molecular flexibility index (Phi) is 3.55. The van der Waals surface area contributed by atoms with Crippen LogP contribution in [0.4, 0.5) is 3.89 Å². The van der Waals surface area contributed by atoms with Gasteiger partial charge in [0.25, 0.3) is 0 Å². The zero-order valence-corrected chi connectivity index (χ0v) is 10.3. The molecule has 98 valence electrons. The molecule has 1 aliphatic rings. The van der Waals surface area contributed by atoms with Crippen LogP contribution in [0.3, 0.4) is 0 Å². The number of aromatic nitrogens is 2. The van der Waals surface area contributed by atoms with E-state index in [1.165, 1.54) is 23.5 Å². The Morgan fingerprint density at radius 1 is 1.44 bits per heavy atom. The van der Waals surface area contributed by atoms with Crippen LogP contribution in [0.15, 0.2) is 18.6 Å². The third-order valence-corrected chi connectivity index (χ3v) is 3.57. The zero-order valence-electron chi connectivity index (χ0n) is 9.49. The first-order valence-corrected chi connectivity index (χ1v) is 6.94. The molecule has 0 bridgehead atoms. The molecule has 2 rings (SSSR count). The van der Waals surface area contributed by atoms with Gasteiger partial charge in [0.1, 0.15) is 0 Å². The van der Waals surface area contributed by atoms with Gasteiger partial charge in [-0.05, 0) is 0 Å². The van der Waals surface area contributed by atoms with Gasteiger partial charge in [0, 0.05) is 31.3 Å². The van der Waals surface area contributed by atoms with Gasteiger partial charge in [0.2, 0.25) is 5.91 Å². The number of rotatable bonds is 4. The quantitative estimate of drug-likeness (QED) is 0.728. The summed E-state index contributed by atoms with van der Waals surface area (Å²) in [5.41, 5.74) is 0.620. The first-order valence-electron chi connectivity index (χ1n) is 5.39. The van der Waals surface area contributed by atoms with Crippen molar-refractivity contribution in [2.75, 3.05) is 12.3 Å². The summed E-state index contributed by atoms with van der Waals surface area (Å²) < 4.78 is 33.6. The Morgan fingerprint density at radius 2 is 2.22 bits per heavy atom. The minimum atomic E-state index is -4.53. The smallest absolute Gasteiger partial charge is 0.302 e. The van der Waals surface area contributed by atoms with Crippen LogP contribution >= 0.6 is 0 Å². The van der Waals surface area contributed by atoms with Crippen LogP contribution in [0.5, 0.6) is 0 Å². The van der Waals surface area contributed by atoms with Crippen LogP contribution in [0.1, 0.15) is 12.1 Å². The second kappa shape index (κ2) is 4.97. The van der Waals surface area contributed by atoms with Crippen LogP contribution in [0.25, 0.3) is 0 Å². The molecular weight excluding hydrogens is 261 g/mol. The molecule has 2 heterocycles. The van der Waals surface area contributed by atoms with Crippen molar-refractivity contribution in [3.05, 3.63) is 24.3 Å². The molecule has 1 atom stereocenters. The predicted molar refractivity (Wildman–Crippen MR) is 60.5 cm³/mol. The van der Waals surface area contributed by atoms with E-state index in [-0.39, 0.29) is 25.4 Å². The van der Waals surface area contributed by atoms with Crippen molar-refractivity contribution in [2.24, 2.45) is 5.92 Å². The molecule has 1 aromatic rings. The summed E-state index contributed by atoms with van der Waals surface area (Å²) in [5, 5.41) is 0. The second-order valence-corrected chi connectivity index (χ2v) is 5.66. The number of carbonyl (C=O) groups excluding carboxylic acids is 1. The predicted octanol–water partition coefficient (Wildman–Crippen LogP) is 0.124. The van der Waals surface area contributed by atoms with Crippen LogP contribution in [-0.2, 0) is 21.6 Å². The highest BCUT2D eigenvalue weighted by Crippen LogP contribution is 2.21. The molecule has 0 N–H and O–H groups in total. The van der Waals surface area contributed by atoms with Gasteiger partial charge in [0.15, 0.2) is 0 Å². The highest BCUT2D eigenvalue weighted by atomic mass is 32.3. The highest BCUT2D eigenvalue weighted by Gasteiger charge is 2.32. The fraction of sp³-hybridized carbons (Fsp3) is 0.500. The van der Waals surface area contributed by atoms with Crippen LogP contribution < -0.4 is 0 Å². The first-order chi connectivity index (χ1) is 8.44. The molecule has 8 heteroatoms. The Balaban J connectivity index is 1.98. The molecule has 1 saturated heterocycles. The molecule has 0 aromatic carbocycles. The summed E-state index contributed by atoms with van der Waals surface area (Å²) in [7, 11) is -4.53. The summed E-state index contributed by atoms with van der Waals surface area (Å²) in [6.07, 6.45) is 4.63. The maximum absolute atomic E-state index is 12.5. The largest absolute Gasteiger partial charge is 0.336 e. The Morgan fingerprint density at radius 3 is 2.83 bits per heavy atom. The number of nitrogens with zero attached hydrogens (tertiary/aromatic N) is 3. The van der Waals surface area contributed by atoms with E-state index in [0.717, 1.165) is 0 Å². The minimum Gasteiger partial charge on any atom is -0.336 e. The average Bonchev–Trinajstić information content (AvgIpc) is 2.58. The number of hydrogen-bond acceptors (Lipinski definition) is 5. The first kappa shape index (κ1) is 12.9. The molecule has 1 amide bonds. The second-order valence-electron chi connectivity index (χ2n) is 4.25. The van der Waals surface area contributed by atoms with Gasteiger partial charge in [-0.3, -0.25) is 14.8 Å². The van der Waals surface area contributed by atoms with E-state index in [1.807, 2.05) is 0 Å². The van der Waals surface area contributed by atoms with E-state index >= 15 is 0 Å². The van der Waals surface area contributed by atoms with Gasteiger partial charge >= 0.3 is 10.2 Å². The number of carbonyl (C=O) groups is 1. The van der Waals surface area contributed by atoms with Crippen molar-refractivity contribution in [1.82, 2.24) is 14.9 Å². The van der Waals surface area contributed by atoms with Crippen molar-refractivity contribution >= 4 is 16.1 Å². The lowest BCUT2D eigenvalue weighted by Gasteiger charge is -2.15. The van der Waals surface area contributed by atoms with Crippen molar-refractivity contribution < 1.29 is 17.1 Å². The van der Waals surface area contributed by atoms with Gasteiger partial charge in [-0.15, -0.1) is 3.89 Å². The Labute approximate surface area is 104 Å². The zero-order chi connectivity index (χ0) is 13.2. The third-order valence-electron chi connectivity index (χ3n) is 2.70. The number of likely N-dealkylation sites (tertiary alicyclic amines) is 1. The Hall–Kier alpha value is -1.57. The van der Waals surface area contributed by atoms with Crippen molar-refractivity contribution in [3.63, 3.8) is 0 Å². The molecular formula is C10H12FN3O3S. The number of halogens is 1. The molecule has 0 aliphatic carbocycles. The van der Waals surface area contributed by atoms with Crippen molar-refractivity contribution in [1.29, 1.82) is 0 Å². The maximum Gasteiger partial charge on any atom is 0.302 e. The van der Waals surface area contributed by atoms with Crippen molar-refractivity contribution in [2.45, 2.75) is 13.0 Å². The topological polar surface area (TPSA) is 80.2 Å². The average molecular weight is 273 g/mol. The van der Waals surface area contributed by atoms with Gasteiger partial charge in [-0.2, -0.15) is 8.42 Å². The summed E-state index contributed by atoms with van der Waals surface area (Å²) >= 11 is 0. The summed E-state index contributed by atoms with van der Waals surface area (Å²) in [6, 6.07) is 0. The van der Waals surface area contributed by atoms with Gasteiger partial charge < -0.3 is 4.90 Å². The van der Waals surface area contributed by atoms with E-state index in [1.54, 1.807) is 0 Å². The molecule has 1 unspecified atom stereocenters. The standard InChI is InChI=1S/C10H12FN3O3S/c11-18(16,17)7-8-3-10(15)14(5-8)6-9-4-12-1-2-13-9/h1-2,4,8H,3,5-7H2. The third kappa shape index (κ3) is 3.46. The molecule has 1 aliphatic heterocycles. The number of hydrogen-bond donors (Lipinski definition) is 0. The molecule has 1 fully saturated rings.